The van der Waals surface area contributed by atoms with Crippen molar-refractivity contribution in [3.63, 3.8) is 0 Å². The first-order valence-corrected chi connectivity index (χ1v) is 8.94. The van der Waals surface area contributed by atoms with Crippen LogP contribution in [0.25, 0.3) is 0 Å². The van der Waals surface area contributed by atoms with E-state index >= 15 is 0 Å². The molecule has 2 amide bonds. The van der Waals surface area contributed by atoms with E-state index in [1.165, 1.54) is 0 Å². The van der Waals surface area contributed by atoms with Gasteiger partial charge in [-0.15, -0.1) is 0 Å². The van der Waals surface area contributed by atoms with E-state index in [1.54, 1.807) is 6.07 Å². The maximum absolute atomic E-state index is 12.7. The molecule has 2 atom stereocenters. The van der Waals surface area contributed by atoms with E-state index in [1.807, 2.05) is 34.9 Å². The highest BCUT2D eigenvalue weighted by Gasteiger charge is 2.31. The molecule has 1 N–H and O–H groups in total. The van der Waals surface area contributed by atoms with Gasteiger partial charge in [0.2, 0.25) is 5.91 Å². The number of nitrogens with zero attached hydrogens (tertiary/aromatic N) is 1. The normalized spacial score (nSPS) is 24.9. The van der Waals surface area contributed by atoms with Gasteiger partial charge in [-0.3, -0.25) is 9.59 Å². The molecule has 5 heteroatoms. The van der Waals surface area contributed by atoms with E-state index in [2.05, 4.69) is 19.2 Å². The van der Waals surface area contributed by atoms with Crippen molar-refractivity contribution >= 4 is 29.3 Å². The van der Waals surface area contributed by atoms with Crippen molar-refractivity contribution in [2.45, 2.75) is 38.0 Å². The van der Waals surface area contributed by atoms with Gasteiger partial charge in [-0.1, -0.05) is 13.0 Å². The quantitative estimate of drug-likeness (QED) is 0.932. The third-order valence-electron chi connectivity index (χ3n) is 4.47. The molecule has 4 nitrogen and oxygen atoms in total. The fraction of sp³-hybridized carbons (Fsp3) is 0.529. The standard InChI is InChI=1S/C17H22N2O2S/c1-11-12(2)22-9-8-19(11)17(21)14-4-3-5-15(10-14)18-16(20)13-6-7-13/h3-5,10-13H,6-9H2,1-2H3,(H,18,20)/t11-,12+/m0/s1. The molecular formula is C17H22N2O2S. The van der Waals surface area contributed by atoms with E-state index in [9.17, 15) is 9.59 Å². The summed E-state index contributed by atoms with van der Waals surface area (Å²) in [6.07, 6.45) is 1.95. The third kappa shape index (κ3) is 3.29. The lowest BCUT2D eigenvalue weighted by atomic mass is 10.1. The highest BCUT2D eigenvalue weighted by Crippen LogP contribution is 2.30. The van der Waals surface area contributed by atoms with Crippen molar-refractivity contribution in [2.24, 2.45) is 5.92 Å². The summed E-state index contributed by atoms with van der Waals surface area (Å²) in [6, 6.07) is 7.53. The van der Waals surface area contributed by atoms with Gasteiger partial charge in [0, 0.05) is 40.8 Å². The van der Waals surface area contributed by atoms with E-state index in [0.29, 0.717) is 10.8 Å². The molecule has 0 aromatic heterocycles. The Bertz CT molecular complexity index is 586. The summed E-state index contributed by atoms with van der Waals surface area (Å²) in [5, 5.41) is 3.36. The highest BCUT2D eigenvalue weighted by atomic mass is 32.2. The third-order valence-corrected chi connectivity index (χ3v) is 5.81. The maximum Gasteiger partial charge on any atom is 0.254 e. The Hall–Kier alpha value is -1.49. The number of amides is 2. The van der Waals surface area contributed by atoms with Crippen LogP contribution in [0.1, 0.15) is 37.0 Å². The van der Waals surface area contributed by atoms with Crippen LogP contribution >= 0.6 is 11.8 Å². The van der Waals surface area contributed by atoms with E-state index < -0.39 is 0 Å². The summed E-state index contributed by atoms with van der Waals surface area (Å²) in [6.45, 7) is 5.06. The van der Waals surface area contributed by atoms with Crippen molar-refractivity contribution in [1.82, 2.24) is 4.90 Å². The van der Waals surface area contributed by atoms with Crippen LogP contribution in [-0.2, 0) is 4.79 Å². The van der Waals surface area contributed by atoms with Gasteiger partial charge in [-0.2, -0.15) is 11.8 Å². The van der Waals surface area contributed by atoms with Crippen LogP contribution in [0, 0.1) is 5.92 Å². The molecule has 0 bridgehead atoms. The van der Waals surface area contributed by atoms with Crippen molar-refractivity contribution < 1.29 is 9.59 Å². The Balaban J connectivity index is 1.73. The highest BCUT2D eigenvalue weighted by molar-refractivity contribution is 8.00. The predicted octanol–water partition coefficient (Wildman–Crippen LogP) is 3.00. The van der Waals surface area contributed by atoms with Gasteiger partial charge in [0.15, 0.2) is 0 Å². The molecule has 2 fully saturated rings. The lowest BCUT2D eigenvalue weighted by Gasteiger charge is -2.37. The van der Waals surface area contributed by atoms with Crippen molar-refractivity contribution in [3.05, 3.63) is 29.8 Å². The summed E-state index contributed by atoms with van der Waals surface area (Å²) in [7, 11) is 0. The van der Waals surface area contributed by atoms with Crippen LogP contribution in [0.15, 0.2) is 24.3 Å². The van der Waals surface area contributed by atoms with Crippen LogP contribution in [0.3, 0.4) is 0 Å². The molecule has 0 radical (unpaired) electrons. The lowest BCUT2D eigenvalue weighted by molar-refractivity contribution is -0.117. The summed E-state index contributed by atoms with van der Waals surface area (Å²) < 4.78 is 0. The molecule has 1 aromatic carbocycles. The fourth-order valence-electron chi connectivity index (χ4n) is 2.71. The van der Waals surface area contributed by atoms with E-state index in [4.69, 9.17) is 0 Å². The van der Waals surface area contributed by atoms with Gasteiger partial charge < -0.3 is 10.2 Å². The average Bonchev–Trinajstić information content (AvgIpc) is 3.34. The first kappa shape index (κ1) is 15.4. The van der Waals surface area contributed by atoms with E-state index in [-0.39, 0.29) is 23.8 Å². The molecule has 1 saturated carbocycles. The zero-order valence-electron chi connectivity index (χ0n) is 13.0. The Morgan fingerprint density at radius 3 is 2.77 bits per heavy atom. The molecule has 1 aliphatic heterocycles. The largest absolute Gasteiger partial charge is 0.334 e. The fourth-order valence-corrected chi connectivity index (χ4v) is 3.80. The van der Waals surface area contributed by atoms with Crippen LogP contribution in [0.2, 0.25) is 0 Å². The predicted molar refractivity (Wildman–Crippen MR) is 90.2 cm³/mol. The molecule has 2 aliphatic rings. The molecule has 22 heavy (non-hydrogen) atoms. The van der Waals surface area contributed by atoms with Crippen LogP contribution in [-0.4, -0.2) is 40.3 Å². The number of carbonyl (C=O) groups is 2. The summed E-state index contributed by atoms with van der Waals surface area (Å²) in [5.41, 5.74) is 1.37. The number of benzene rings is 1. The summed E-state index contributed by atoms with van der Waals surface area (Å²) >= 11 is 1.91. The first-order chi connectivity index (χ1) is 10.6. The number of anilines is 1. The molecule has 1 saturated heterocycles. The van der Waals surface area contributed by atoms with Gasteiger partial charge in [0.1, 0.15) is 0 Å². The van der Waals surface area contributed by atoms with Gasteiger partial charge >= 0.3 is 0 Å². The molecule has 3 rings (SSSR count). The number of nitrogens with one attached hydrogen (secondary N) is 1. The number of thioether (sulfide) groups is 1. The topological polar surface area (TPSA) is 49.4 Å². The molecule has 118 valence electrons. The molecule has 0 spiro atoms. The lowest BCUT2D eigenvalue weighted by Crippen LogP contribution is -2.47. The molecule has 0 unspecified atom stereocenters. The van der Waals surface area contributed by atoms with Gasteiger partial charge in [0.05, 0.1) is 0 Å². The SMILES string of the molecule is C[C@H]1SCCN(C(=O)c2cccc(NC(=O)C3CC3)c2)[C@H]1C. The van der Waals surface area contributed by atoms with Gasteiger partial charge in [-0.25, -0.2) is 0 Å². The number of hydrogen-bond acceptors (Lipinski definition) is 3. The minimum Gasteiger partial charge on any atom is -0.334 e. The molecular weight excluding hydrogens is 296 g/mol. The Morgan fingerprint density at radius 1 is 1.27 bits per heavy atom. The zero-order valence-corrected chi connectivity index (χ0v) is 13.9. The number of carbonyl (C=O) groups excluding carboxylic acids is 2. The van der Waals surface area contributed by atoms with Crippen molar-refractivity contribution in [3.8, 4) is 0 Å². The second kappa shape index (κ2) is 6.32. The summed E-state index contributed by atoms with van der Waals surface area (Å²) in [4.78, 5) is 26.5. The van der Waals surface area contributed by atoms with Crippen molar-refractivity contribution in [1.29, 1.82) is 0 Å². The molecule has 1 aromatic rings. The Kier molecular flexibility index (Phi) is 4.43. The van der Waals surface area contributed by atoms with Crippen LogP contribution in [0.4, 0.5) is 5.69 Å². The smallest absolute Gasteiger partial charge is 0.254 e. The number of hydrogen-bond donors (Lipinski definition) is 1. The van der Waals surface area contributed by atoms with Crippen LogP contribution < -0.4 is 5.32 Å². The first-order valence-electron chi connectivity index (χ1n) is 7.90. The Morgan fingerprint density at radius 2 is 2.05 bits per heavy atom. The minimum atomic E-state index is 0.0576. The number of rotatable bonds is 3. The van der Waals surface area contributed by atoms with E-state index in [0.717, 1.165) is 30.8 Å². The zero-order chi connectivity index (χ0) is 15.7. The second-order valence-corrected chi connectivity index (χ2v) is 7.64. The molecule has 1 aliphatic carbocycles. The average molecular weight is 318 g/mol. The second-order valence-electron chi connectivity index (χ2n) is 6.16. The van der Waals surface area contributed by atoms with Gasteiger partial charge in [0.25, 0.3) is 5.91 Å². The Labute approximate surface area is 135 Å². The minimum absolute atomic E-state index is 0.0576. The summed E-state index contributed by atoms with van der Waals surface area (Å²) in [5.74, 6) is 1.28. The van der Waals surface area contributed by atoms with Gasteiger partial charge in [-0.05, 0) is 38.0 Å². The maximum atomic E-state index is 12.7. The molecule has 1 heterocycles. The van der Waals surface area contributed by atoms with Crippen molar-refractivity contribution in [2.75, 3.05) is 17.6 Å². The monoisotopic (exact) mass is 318 g/mol. The van der Waals surface area contributed by atoms with Crippen LogP contribution in [0.5, 0.6) is 0 Å².